The Balaban J connectivity index is 2.92. The third-order valence-corrected chi connectivity index (χ3v) is 2.24. The van der Waals surface area contributed by atoms with Crippen molar-refractivity contribution in [1.82, 2.24) is 0 Å². The van der Waals surface area contributed by atoms with Crippen LogP contribution in [0.3, 0.4) is 0 Å². The van der Waals surface area contributed by atoms with Gasteiger partial charge >= 0.3 is 0 Å². The summed E-state index contributed by atoms with van der Waals surface area (Å²) in [5.41, 5.74) is 0. The Morgan fingerprint density at radius 3 is 2.38 bits per heavy atom. The summed E-state index contributed by atoms with van der Waals surface area (Å²) < 4.78 is 0. The van der Waals surface area contributed by atoms with E-state index in [1.807, 2.05) is 0 Å². The van der Waals surface area contributed by atoms with Crippen molar-refractivity contribution in [3.8, 4) is 0 Å². The van der Waals surface area contributed by atoms with Crippen LogP contribution in [-0.4, -0.2) is 21.9 Å². The maximum Gasteiger partial charge on any atom is 0.0441 e. The summed E-state index contributed by atoms with van der Waals surface area (Å²) in [6.07, 6.45) is 1.94. The number of aliphatic hydroxyl groups excluding tert-OH is 1. The topological polar surface area (TPSA) is 20.2 Å². The lowest BCUT2D eigenvalue weighted by atomic mass is 10.3. The third-order valence-electron chi connectivity index (χ3n) is 0.865. The van der Waals surface area contributed by atoms with Crippen molar-refractivity contribution >= 4 is 31.9 Å². The van der Waals surface area contributed by atoms with E-state index in [-0.39, 0.29) is 6.61 Å². The Morgan fingerprint density at radius 2 is 2.00 bits per heavy atom. The molecular formula is C5H10Br2O. The zero-order valence-corrected chi connectivity index (χ0v) is 7.78. The number of hydrogen-bond donors (Lipinski definition) is 1. The smallest absolute Gasteiger partial charge is 0.0441 e. The van der Waals surface area contributed by atoms with Crippen molar-refractivity contribution in [2.24, 2.45) is 0 Å². The lowest BCUT2D eigenvalue weighted by Crippen LogP contribution is -2.00. The number of alkyl halides is 2. The van der Waals surface area contributed by atoms with Gasteiger partial charge in [0.15, 0.2) is 0 Å². The molecule has 1 nitrogen and oxygen atoms in total. The summed E-state index contributed by atoms with van der Waals surface area (Å²) in [5.74, 6) is 0. The highest BCUT2D eigenvalue weighted by atomic mass is 79.9. The minimum absolute atomic E-state index is 0.281. The van der Waals surface area contributed by atoms with Crippen LogP contribution in [0.1, 0.15) is 12.8 Å². The number of hydrogen-bond acceptors (Lipinski definition) is 1. The molecule has 0 aliphatic heterocycles. The standard InChI is InChI=1S/C5H10Br2O/c6-3-1-5(7)2-4-8/h5,8H,1-4H2. The normalized spacial score (nSPS) is 13.9. The second kappa shape index (κ2) is 6.05. The first kappa shape index (κ1) is 8.92. The first-order valence-corrected chi connectivity index (χ1v) is 4.66. The molecule has 8 heavy (non-hydrogen) atoms. The monoisotopic (exact) mass is 244 g/mol. The summed E-state index contributed by atoms with van der Waals surface area (Å²) in [6, 6.07) is 0. The molecule has 1 unspecified atom stereocenters. The Morgan fingerprint density at radius 1 is 1.38 bits per heavy atom. The van der Waals surface area contributed by atoms with Crippen LogP contribution in [0.4, 0.5) is 0 Å². The molecule has 0 fully saturated rings. The van der Waals surface area contributed by atoms with E-state index < -0.39 is 0 Å². The van der Waals surface area contributed by atoms with Gasteiger partial charge in [0.05, 0.1) is 0 Å². The molecule has 0 aromatic rings. The Bertz CT molecular complexity index is 43.7. The lowest BCUT2D eigenvalue weighted by Gasteiger charge is -2.02. The quantitative estimate of drug-likeness (QED) is 0.751. The minimum atomic E-state index is 0.281. The first-order chi connectivity index (χ1) is 3.81. The summed E-state index contributed by atoms with van der Waals surface area (Å²) in [4.78, 5) is 0.479. The molecular weight excluding hydrogens is 236 g/mol. The Kier molecular flexibility index (Phi) is 6.74. The van der Waals surface area contributed by atoms with E-state index >= 15 is 0 Å². The van der Waals surface area contributed by atoms with Gasteiger partial charge in [0.25, 0.3) is 0 Å². The molecule has 0 amide bonds. The fourth-order valence-corrected chi connectivity index (χ4v) is 2.00. The van der Waals surface area contributed by atoms with Crippen molar-refractivity contribution in [2.45, 2.75) is 17.7 Å². The number of rotatable bonds is 4. The van der Waals surface area contributed by atoms with Gasteiger partial charge in [0.1, 0.15) is 0 Å². The number of halogens is 2. The lowest BCUT2D eigenvalue weighted by molar-refractivity contribution is 0.287. The summed E-state index contributed by atoms with van der Waals surface area (Å²) in [6.45, 7) is 0.281. The van der Waals surface area contributed by atoms with Gasteiger partial charge in [-0.05, 0) is 12.8 Å². The molecule has 0 saturated carbocycles. The third kappa shape index (κ3) is 5.06. The maximum absolute atomic E-state index is 8.42. The van der Waals surface area contributed by atoms with E-state index in [0.29, 0.717) is 4.83 Å². The predicted octanol–water partition coefficient (Wildman–Crippen LogP) is 1.92. The highest BCUT2D eigenvalue weighted by Gasteiger charge is 1.99. The van der Waals surface area contributed by atoms with Crippen LogP contribution in [-0.2, 0) is 0 Å². The van der Waals surface area contributed by atoms with Gasteiger partial charge in [0.2, 0.25) is 0 Å². The molecule has 50 valence electrons. The van der Waals surface area contributed by atoms with E-state index in [0.717, 1.165) is 18.2 Å². The van der Waals surface area contributed by atoms with Crippen LogP contribution in [0.25, 0.3) is 0 Å². The van der Waals surface area contributed by atoms with Crippen molar-refractivity contribution in [3.63, 3.8) is 0 Å². The molecule has 0 spiro atoms. The van der Waals surface area contributed by atoms with Crippen LogP contribution in [0.2, 0.25) is 0 Å². The molecule has 0 saturated heterocycles. The highest BCUT2D eigenvalue weighted by molar-refractivity contribution is 9.10. The van der Waals surface area contributed by atoms with E-state index in [2.05, 4.69) is 31.9 Å². The predicted molar refractivity (Wildman–Crippen MR) is 42.8 cm³/mol. The van der Waals surface area contributed by atoms with E-state index in [4.69, 9.17) is 5.11 Å². The van der Waals surface area contributed by atoms with Gasteiger partial charge in [-0.3, -0.25) is 0 Å². The Hall–Kier alpha value is 0.920. The average Bonchev–Trinajstić information content (AvgIpc) is 1.68. The molecule has 0 aromatic heterocycles. The van der Waals surface area contributed by atoms with Gasteiger partial charge in [-0.25, -0.2) is 0 Å². The van der Waals surface area contributed by atoms with Gasteiger partial charge in [0, 0.05) is 16.8 Å². The summed E-state index contributed by atoms with van der Waals surface area (Å²) in [5, 5.41) is 9.42. The fraction of sp³-hybridized carbons (Fsp3) is 1.00. The minimum Gasteiger partial charge on any atom is -0.396 e. The molecule has 1 atom stereocenters. The maximum atomic E-state index is 8.42. The van der Waals surface area contributed by atoms with Crippen LogP contribution < -0.4 is 0 Å². The van der Waals surface area contributed by atoms with Gasteiger partial charge in [-0.2, -0.15) is 0 Å². The molecule has 0 rings (SSSR count). The van der Waals surface area contributed by atoms with E-state index in [1.165, 1.54) is 0 Å². The van der Waals surface area contributed by atoms with E-state index in [1.54, 1.807) is 0 Å². The van der Waals surface area contributed by atoms with E-state index in [9.17, 15) is 0 Å². The second-order valence-electron chi connectivity index (χ2n) is 1.59. The average molecular weight is 246 g/mol. The van der Waals surface area contributed by atoms with Crippen molar-refractivity contribution in [1.29, 1.82) is 0 Å². The molecule has 0 bridgehead atoms. The molecule has 0 aliphatic rings. The summed E-state index contributed by atoms with van der Waals surface area (Å²) >= 11 is 6.72. The molecule has 0 aromatic carbocycles. The van der Waals surface area contributed by atoms with Crippen LogP contribution in [0.15, 0.2) is 0 Å². The van der Waals surface area contributed by atoms with Crippen LogP contribution >= 0.6 is 31.9 Å². The van der Waals surface area contributed by atoms with Crippen LogP contribution in [0.5, 0.6) is 0 Å². The van der Waals surface area contributed by atoms with Gasteiger partial charge in [-0.1, -0.05) is 31.9 Å². The summed E-state index contributed by atoms with van der Waals surface area (Å²) in [7, 11) is 0. The fourth-order valence-electron chi connectivity index (χ4n) is 0.403. The van der Waals surface area contributed by atoms with Gasteiger partial charge < -0.3 is 5.11 Å². The van der Waals surface area contributed by atoms with Gasteiger partial charge in [-0.15, -0.1) is 0 Å². The van der Waals surface area contributed by atoms with Crippen molar-refractivity contribution in [2.75, 3.05) is 11.9 Å². The molecule has 0 radical (unpaired) electrons. The Labute approximate surface area is 66.7 Å². The largest absolute Gasteiger partial charge is 0.396 e. The van der Waals surface area contributed by atoms with Crippen LogP contribution in [0, 0.1) is 0 Å². The zero-order valence-electron chi connectivity index (χ0n) is 4.61. The molecule has 1 N–H and O–H groups in total. The molecule has 3 heteroatoms. The molecule has 0 aliphatic carbocycles. The van der Waals surface area contributed by atoms with Crippen molar-refractivity contribution < 1.29 is 5.11 Å². The second-order valence-corrected chi connectivity index (χ2v) is 3.68. The molecule has 0 heterocycles. The number of aliphatic hydroxyl groups is 1. The zero-order chi connectivity index (χ0) is 6.41. The van der Waals surface area contributed by atoms with Crippen molar-refractivity contribution in [3.05, 3.63) is 0 Å². The first-order valence-electron chi connectivity index (χ1n) is 2.62. The highest BCUT2D eigenvalue weighted by Crippen LogP contribution is 2.09. The SMILES string of the molecule is OCCC(Br)CCBr.